The number of amides is 1. The van der Waals surface area contributed by atoms with Crippen LogP contribution in [0.5, 0.6) is 0 Å². The van der Waals surface area contributed by atoms with Crippen LogP contribution in [0, 0.1) is 10.5 Å². The molecule has 0 spiro atoms. The highest BCUT2D eigenvalue weighted by atomic mass is 35.5. The minimum absolute atomic E-state index is 0.111. The van der Waals surface area contributed by atoms with Crippen LogP contribution in [0.25, 0.3) is 11.3 Å². The summed E-state index contributed by atoms with van der Waals surface area (Å²) in [5.74, 6) is -0.141. The number of rotatable bonds is 13. The maximum Gasteiger partial charge on any atom is 0.226 e. The Morgan fingerprint density at radius 2 is 1.92 bits per heavy atom. The van der Waals surface area contributed by atoms with Gasteiger partial charge in [-0.25, -0.2) is 9.37 Å². The second kappa shape index (κ2) is 17.6. The Labute approximate surface area is 239 Å². The van der Waals surface area contributed by atoms with Crippen LogP contribution >= 0.6 is 23.8 Å². The van der Waals surface area contributed by atoms with Crippen LogP contribution in [0.3, 0.4) is 0 Å². The van der Waals surface area contributed by atoms with Crippen molar-refractivity contribution in [1.82, 2.24) is 25.4 Å². The third-order valence-electron chi connectivity index (χ3n) is 5.41. The standard InChI is InChI=1S/C24H29ClFN7OS.C3H8O/c1-3-10-33(12-9-27-2)11-7-23(34)30-22-14-17(6-8-28-22)29-21-15-20(31-32-24(21)35)18-13-16(25)4-5-19(18)26;1-2-3-4/h4-6,8,13-15,27H,3,7,9-12H2,1-2H3,(H,32,35)(H2,28,29,30,31,34);4H,2-3H2,1H3. The average molecular weight is 578 g/mol. The molecule has 2 heterocycles. The Morgan fingerprint density at radius 3 is 2.62 bits per heavy atom. The molecule has 9 nitrogen and oxygen atoms in total. The van der Waals surface area contributed by atoms with Crippen molar-refractivity contribution in [1.29, 1.82) is 0 Å². The molecule has 212 valence electrons. The van der Waals surface area contributed by atoms with Gasteiger partial charge in [-0.05, 0) is 56.8 Å². The minimum atomic E-state index is -0.448. The number of nitrogens with one attached hydrogen (secondary N) is 4. The van der Waals surface area contributed by atoms with Crippen molar-refractivity contribution in [3.05, 3.63) is 58.1 Å². The van der Waals surface area contributed by atoms with E-state index in [0.29, 0.717) is 52.1 Å². The van der Waals surface area contributed by atoms with Crippen molar-refractivity contribution < 1.29 is 14.3 Å². The van der Waals surface area contributed by atoms with Crippen LogP contribution in [0.2, 0.25) is 5.02 Å². The third-order valence-corrected chi connectivity index (χ3v) is 5.96. The highest BCUT2D eigenvalue weighted by Crippen LogP contribution is 2.27. The first-order chi connectivity index (χ1) is 18.8. The topological polar surface area (TPSA) is 118 Å². The molecule has 0 unspecified atom stereocenters. The summed E-state index contributed by atoms with van der Waals surface area (Å²) in [5, 5.41) is 24.3. The van der Waals surface area contributed by atoms with Crippen LogP contribution in [0.4, 0.5) is 21.6 Å². The van der Waals surface area contributed by atoms with E-state index in [1.807, 2.05) is 14.0 Å². The molecule has 1 amide bonds. The summed E-state index contributed by atoms with van der Waals surface area (Å²) < 4.78 is 14.6. The number of likely N-dealkylation sites (N-methyl/N-ethyl adjacent to an activating group) is 1. The second-order valence-corrected chi connectivity index (χ2v) is 9.49. The van der Waals surface area contributed by atoms with E-state index in [0.717, 1.165) is 32.5 Å². The molecule has 12 heteroatoms. The van der Waals surface area contributed by atoms with Gasteiger partial charge in [-0.3, -0.25) is 9.89 Å². The zero-order valence-electron chi connectivity index (χ0n) is 22.6. The number of anilines is 3. The summed E-state index contributed by atoms with van der Waals surface area (Å²) in [6, 6.07) is 9.35. The number of aliphatic hydroxyl groups is 1. The van der Waals surface area contributed by atoms with Crippen molar-refractivity contribution in [2.45, 2.75) is 33.1 Å². The number of pyridine rings is 1. The molecule has 0 bridgehead atoms. The van der Waals surface area contributed by atoms with E-state index < -0.39 is 5.82 Å². The van der Waals surface area contributed by atoms with Gasteiger partial charge in [0.2, 0.25) is 5.91 Å². The monoisotopic (exact) mass is 577 g/mol. The molecular formula is C27H37ClFN7O2S. The highest BCUT2D eigenvalue weighted by Gasteiger charge is 2.11. The molecule has 0 saturated heterocycles. The first kappa shape index (κ1) is 32.3. The number of benzene rings is 1. The van der Waals surface area contributed by atoms with Gasteiger partial charge in [-0.1, -0.05) is 37.7 Å². The van der Waals surface area contributed by atoms with E-state index in [2.05, 4.69) is 43.0 Å². The Kier molecular flexibility index (Phi) is 14.5. The Balaban J connectivity index is 0.00000124. The first-order valence-electron chi connectivity index (χ1n) is 12.9. The quantitative estimate of drug-likeness (QED) is 0.172. The lowest BCUT2D eigenvalue weighted by Crippen LogP contribution is -2.34. The minimum Gasteiger partial charge on any atom is -0.396 e. The van der Waals surface area contributed by atoms with Crippen molar-refractivity contribution in [3.63, 3.8) is 0 Å². The molecule has 0 saturated carbocycles. The molecule has 0 aliphatic heterocycles. The molecule has 2 aromatic heterocycles. The number of hydrogen-bond donors (Lipinski definition) is 5. The van der Waals surface area contributed by atoms with Crippen molar-refractivity contribution in [2.75, 3.05) is 50.5 Å². The fourth-order valence-corrected chi connectivity index (χ4v) is 3.78. The number of hydrogen-bond acceptors (Lipinski definition) is 8. The first-order valence-corrected chi connectivity index (χ1v) is 13.7. The molecule has 0 aliphatic carbocycles. The molecule has 3 aromatic rings. The zero-order chi connectivity index (χ0) is 28.6. The number of halogens is 2. The molecule has 39 heavy (non-hydrogen) atoms. The summed E-state index contributed by atoms with van der Waals surface area (Å²) in [6.07, 6.45) is 3.86. The van der Waals surface area contributed by atoms with E-state index >= 15 is 0 Å². The van der Waals surface area contributed by atoms with Crippen LogP contribution < -0.4 is 16.0 Å². The number of aliphatic hydroxyl groups excluding tert-OH is 1. The SMILES string of the molecule is CCCN(CCNC)CCC(=O)Nc1cc(Nc2cc(-c3cc(Cl)ccc3F)n[nH]c2=S)ccn1.CCCO. The third kappa shape index (κ3) is 11.4. The summed E-state index contributed by atoms with van der Waals surface area (Å²) in [4.78, 5) is 19.0. The van der Waals surface area contributed by atoms with Gasteiger partial charge in [0, 0.05) is 61.2 Å². The lowest BCUT2D eigenvalue weighted by atomic mass is 10.1. The van der Waals surface area contributed by atoms with Crippen LogP contribution in [-0.2, 0) is 4.79 Å². The van der Waals surface area contributed by atoms with Crippen LogP contribution in [0.1, 0.15) is 33.1 Å². The number of H-pyrrole nitrogens is 1. The molecule has 0 aliphatic rings. The smallest absolute Gasteiger partial charge is 0.226 e. The molecule has 0 fully saturated rings. The maximum absolute atomic E-state index is 14.3. The largest absolute Gasteiger partial charge is 0.396 e. The predicted molar refractivity (Wildman–Crippen MR) is 159 cm³/mol. The summed E-state index contributed by atoms with van der Waals surface area (Å²) in [5.41, 5.74) is 1.77. The van der Waals surface area contributed by atoms with Gasteiger partial charge in [0.25, 0.3) is 0 Å². The van der Waals surface area contributed by atoms with Gasteiger partial charge in [-0.2, -0.15) is 5.10 Å². The van der Waals surface area contributed by atoms with Gasteiger partial charge in [0.15, 0.2) is 0 Å². The molecule has 3 rings (SSSR count). The molecule has 0 atom stereocenters. The summed E-state index contributed by atoms with van der Waals surface area (Å²) in [6.45, 7) is 7.76. The predicted octanol–water partition coefficient (Wildman–Crippen LogP) is 5.39. The van der Waals surface area contributed by atoms with Crippen LogP contribution in [0.15, 0.2) is 42.6 Å². The maximum atomic E-state index is 14.3. The van der Waals surface area contributed by atoms with Crippen molar-refractivity contribution >= 4 is 46.9 Å². The number of carbonyl (C=O) groups excluding carboxylic acids is 1. The highest BCUT2D eigenvalue weighted by molar-refractivity contribution is 7.71. The van der Waals surface area contributed by atoms with Crippen LogP contribution in [-0.4, -0.2) is 70.9 Å². The Bertz CT molecular complexity index is 1240. The molecule has 5 N–H and O–H groups in total. The van der Waals surface area contributed by atoms with E-state index in [-0.39, 0.29) is 11.5 Å². The summed E-state index contributed by atoms with van der Waals surface area (Å²) in [7, 11) is 1.92. The Hall–Kier alpha value is -2.96. The van der Waals surface area contributed by atoms with E-state index in [1.165, 1.54) is 18.2 Å². The van der Waals surface area contributed by atoms with E-state index in [9.17, 15) is 9.18 Å². The number of aromatic nitrogens is 3. The Morgan fingerprint density at radius 1 is 1.15 bits per heavy atom. The van der Waals surface area contributed by atoms with Gasteiger partial charge in [0.1, 0.15) is 16.3 Å². The lowest BCUT2D eigenvalue weighted by molar-refractivity contribution is -0.116. The fraction of sp³-hybridized carbons (Fsp3) is 0.407. The van der Waals surface area contributed by atoms with Crippen molar-refractivity contribution in [3.8, 4) is 11.3 Å². The van der Waals surface area contributed by atoms with Crippen molar-refractivity contribution in [2.24, 2.45) is 0 Å². The number of carbonyl (C=O) groups is 1. The van der Waals surface area contributed by atoms with Gasteiger partial charge < -0.3 is 26.0 Å². The second-order valence-electron chi connectivity index (χ2n) is 8.64. The van der Waals surface area contributed by atoms with Gasteiger partial charge >= 0.3 is 0 Å². The average Bonchev–Trinajstić information content (AvgIpc) is 2.93. The molecule has 0 radical (unpaired) electrons. The summed E-state index contributed by atoms with van der Waals surface area (Å²) >= 11 is 11.4. The lowest BCUT2D eigenvalue weighted by Gasteiger charge is -2.21. The number of aromatic amines is 1. The normalized spacial score (nSPS) is 10.6. The van der Waals surface area contributed by atoms with Gasteiger partial charge in [-0.15, -0.1) is 0 Å². The molecule has 1 aromatic carbocycles. The van der Waals surface area contributed by atoms with E-state index in [4.69, 9.17) is 28.9 Å². The fourth-order valence-electron chi connectivity index (χ4n) is 3.45. The van der Waals surface area contributed by atoms with Gasteiger partial charge in [0.05, 0.1) is 11.4 Å². The van der Waals surface area contributed by atoms with E-state index in [1.54, 1.807) is 24.4 Å². The zero-order valence-corrected chi connectivity index (χ0v) is 24.1. The number of nitrogens with zero attached hydrogens (tertiary/aromatic N) is 3. The molecular weight excluding hydrogens is 541 g/mol.